The summed E-state index contributed by atoms with van der Waals surface area (Å²) < 4.78 is 5.26. The molecule has 0 amide bonds. The maximum Gasteiger partial charge on any atom is 0.203 e. The van der Waals surface area contributed by atoms with Crippen molar-refractivity contribution in [2.45, 2.75) is 37.5 Å². The van der Waals surface area contributed by atoms with Gasteiger partial charge in [-0.05, 0) is 18.6 Å². The maximum absolute atomic E-state index is 5.78. The van der Waals surface area contributed by atoms with Crippen LogP contribution in [0.2, 0.25) is 0 Å². The van der Waals surface area contributed by atoms with Crippen molar-refractivity contribution >= 4 is 23.4 Å². The predicted molar refractivity (Wildman–Crippen MR) is 76.2 cm³/mol. The number of thioether (sulfide) groups is 1. The van der Waals surface area contributed by atoms with Crippen LogP contribution in [-0.4, -0.2) is 34.1 Å². The van der Waals surface area contributed by atoms with E-state index >= 15 is 0 Å². The minimum Gasteiger partial charge on any atom is -0.490 e. The maximum atomic E-state index is 5.78. The Labute approximate surface area is 112 Å². The number of methoxy groups -OCH3 is 1. The molecule has 1 fully saturated rings. The summed E-state index contributed by atoms with van der Waals surface area (Å²) in [4.78, 5) is 8.17. The molecule has 2 unspecified atom stereocenters. The molecule has 0 aliphatic heterocycles. The minimum atomic E-state index is 0.382. The number of hydrogen-bond donors (Lipinski definition) is 2. The van der Waals surface area contributed by atoms with Crippen LogP contribution >= 0.6 is 11.8 Å². The highest BCUT2D eigenvalue weighted by atomic mass is 32.2. The smallest absolute Gasteiger partial charge is 0.203 e. The van der Waals surface area contributed by atoms with Gasteiger partial charge in [-0.25, -0.2) is 9.97 Å². The van der Waals surface area contributed by atoms with E-state index in [2.05, 4.69) is 22.2 Å². The van der Waals surface area contributed by atoms with Crippen LogP contribution in [0.15, 0.2) is 6.33 Å². The van der Waals surface area contributed by atoms with Crippen LogP contribution < -0.4 is 15.8 Å². The van der Waals surface area contributed by atoms with E-state index in [1.165, 1.54) is 25.6 Å². The number of nitrogens with zero attached hydrogens (tertiary/aromatic N) is 2. The molecule has 0 bridgehead atoms. The van der Waals surface area contributed by atoms with Crippen LogP contribution in [0.4, 0.5) is 11.6 Å². The summed E-state index contributed by atoms with van der Waals surface area (Å²) in [5.74, 6) is 2.78. The fourth-order valence-electron chi connectivity index (χ4n) is 2.37. The first-order valence-electron chi connectivity index (χ1n) is 6.28. The first kappa shape index (κ1) is 13.3. The lowest BCUT2D eigenvalue weighted by Gasteiger charge is -2.21. The number of hydrogen-bond acceptors (Lipinski definition) is 6. The monoisotopic (exact) mass is 268 g/mol. The zero-order chi connectivity index (χ0) is 13.0. The number of nitrogens with two attached hydrogens (primary N) is 1. The second kappa shape index (κ2) is 6.13. The largest absolute Gasteiger partial charge is 0.490 e. The average Bonchev–Trinajstić information content (AvgIpc) is 2.78. The Morgan fingerprint density at radius 2 is 2.33 bits per heavy atom. The highest BCUT2D eigenvalue weighted by molar-refractivity contribution is 7.99. The van der Waals surface area contributed by atoms with Gasteiger partial charge in [-0.3, -0.25) is 0 Å². The molecule has 1 aliphatic carbocycles. The lowest BCUT2D eigenvalue weighted by atomic mass is 10.2. The van der Waals surface area contributed by atoms with Crippen molar-refractivity contribution in [3.8, 4) is 5.75 Å². The molecule has 1 aromatic rings. The van der Waals surface area contributed by atoms with Crippen molar-refractivity contribution in [1.82, 2.24) is 9.97 Å². The molecule has 6 heteroatoms. The van der Waals surface area contributed by atoms with Gasteiger partial charge in [-0.1, -0.05) is 13.3 Å². The molecule has 1 aliphatic rings. The Morgan fingerprint density at radius 1 is 1.50 bits per heavy atom. The quantitative estimate of drug-likeness (QED) is 0.852. The molecule has 0 radical (unpaired) electrons. The molecule has 100 valence electrons. The molecule has 0 saturated heterocycles. The number of aromatic nitrogens is 2. The molecule has 3 N–H and O–H groups in total. The topological polar surface area (TPSA) is 73.1 Å². The van der Waals surface area contributed by atoms with Gasteiger partial charge < -0.3 is 15.8 Å². The van der Waals surface area contributed by atoms with Gasteiger partial charge in [0.05, 0.1) is 7.11 Å². The van der Waals surface area contributed by atoms with Crippen LogP contribution in [0, 0.1) is 0 Å². The summed E-state index contributed by atoms with van der Waals surface area (Å²) in [5.41, 5.74) is 5.78. The fraction of sp³-hybridized carbons (Fsp3) is 0.667. The Balaban J connectivity index is 2.11. The van der Waals surface area contributed by atoms with Crippen molar-refractivity contribution in [3.05, 3.63) is 6.33 Å². The summed E-state index contributed by atoms with van der Waals surface area (Å²) in [6.07, 6.45) is 5.17. The molecule has 5 nitrogen and oxygen atoms in total. The number of nitrogen functional groups attached to an aromatic ring is 1. The molecule has 0 spiro atoms. The van der Waals surface area contributed by atoms with Crippen LogP contribution in [0.5, 0.6) is 5.75 Å². The zero-order valence-electron chi connectivity index (χ0n) is 10.8. The molecule has 0 aromatic carbocycles. The number of ether oxygens (including phenoxy) is 1. The molecule has 18 heavy (non-hydrogen) atoms. The third kappa shape index (κ3) is 2.80. The first-order chi connectivity index (χ1) is 8.76. The first-order valence-corrected chi connectivity index (χ1v) is 7.33. The van der Waals surface area contributed by atoms with Gasteiger partial charge in [0.1, 0.15) is 6.33 Å². The number of rotatable bonds is 5. The van der Waals surface area contributed by atoms with Gasteiger partial charge in [-0.2, -0.15) is 11.8 Å². The van der Waals surface area contributed by atoms with Crippen LogP contribution in [0.3, 0.4) is 0 Å². The van der Waals surface area contributed by atoms with Crippen LogP contribution in [0.1, 0.15) is 26.2 Å². The Kier molecular flexibility index (Phi) is 4.52. The number of anilines is 2. The molecular formula is C12H20N4OS. The fourth-order valence-corrected chi connectivity index (χ4v) is 3.57. The molecule has 2 rings (SSSR count). The highest BCUT2D eigenvalue weighted by Crippen LogP contribution is 2.34. The van der Waals surface area contributed by atoms with Gasteiger partial charge >= 0.3 is 0 Å². The lowest BCUT2D eigenvalue weighted by molar-refractivity contribution is 0.414. The van der Waals surface area contributed by atoms with E-state index in [0.717, 1.165) is 5.75 Å². The van der Waals surface area contributed by atoms with Crippen molar-refractivity contribution in [1.29, 1.82) is 0 Å². The van der Waals surface area contributed by atoms with Crippen molar-refractivity contribution < 1.29 is 4.74 Å². The van der Waals surface area contributed by atoms with Gasteiger partial charge in [0.2, 0.25) is 5.75 Å². The lowest BCUT2D eigenvalue weighted by Crippen LogP contribution is -2.27. The van der Waals surface area contributed by atoms with Crippen molar-refractivity contribution in [2.75, 3.05) is 23.9 Å². The summed E-state index contributed by atoms with van der Waals surface area (Å²) in [6.45, 7) is 2.20. The average molecular weight is 268 g/mol. The van der Waals surface area contributed by atoms with Crippen LogP contribution in [0.25, 0.3) is 0 Å². The second-order valence-corrected chi connectivity index (χ2v) is 5.83. The van der Waals surface area contributed by atoms with Gasteiger partial charge in [0.25, 0.3) is 0 Å². The van der Waals surface area contributed by atoms with E-state index in [9.17, 15) is 0 Å². The predicted octanol–water partition coefficient (Wildman–Crippen LogP) is 2.15. The normalized spacial score (nSPS) is 23.0. The van der Waals surface area contributed by atoms with E-state index in [1.807, 2.05) is 11.8 Å². The Morgan fingerprint density at radius 3 is 3.06 bits per heavy atom. The van der Waals surface area contributed by atoms with Gasteiger partial charge in [0.15, 0.2) is 11.6 Å². The zero-order valence-corrected chi connectivity index (χ0v) is 11.7. The van der Waals surface area contributed by atoms with Crippen molar-refractivity contribution in [2.24, 2.45) is 0 Å². The molecular weight excluding hydrogens is 248 g/mol. The molecule has 1 saturated carbocycles. The van der Waals surface area contributed by atoms with E-state index in [-0.39, 0.29) is 0 Å². The van der Waals surface area contributed by atoms with E-state index in [4.69, 9.17) is 10.5 Å². The summed E-state index contributed by atoms with van der Waals surface area (Å²) in [5, 5.41) is 4.11. The van der Waals surface area contributed by atoms with Crippen LogP contribution in [-0.2, 0) is 0 Å². The minimum absolute atomic E-state index is 0.382. The second-order valence-electron chi connectivity index (χ2n) is 4.32. The molecule has 2 atom stereocenters. The van der Waals surface area contributed by atoms with Gasteiger partial charge in [-0.15, -0.1) is 0 Å². The summed E-state index contributed by atoms with van der Waals surface area (Å²) in [6, 6.07) is 0.443. The Bertz CT molecular complexity index is 402. The summed E-state index contributed by atoms with van der Waals surface area (Å²) >= 11 is 2.01. The number of nitrogens with one attached hydrogen (secondary N) is 1. The highest BCUT2D eigenvalue weighted by Gasteiger charge is 2.28. The molecule has 1 aromatic heterocycles. The van der Waals surface area contributed by atoms with Crippen molar-refractivity contribution in [3.63, 3.8) is 0 Å². The van der Waals surface area contributed by atoms with E-state index in [0.29, 0.717) is 28.7 Å². The molecule has 1 heterocycles. The SMILES string of the molecule is CCSC1CCCC1Nc1ncnc(N)c1OC. The van der Waals surface area contributed by atoms with Gasteiger partial charge in [0, 0.05) is 11.3 Å². The standard InChI is InChI=1S/C12H20N4OS/c1-3-18-9-6-4-5-8(9)16-12-10(17-2)11(13)14-7-15-12/h7-9H,3-6H2,1-2H3,(H3,13,14,15,16). The van der Waals surface area contributed by atoms with E-state index < -0.39 is 0 Å². The third-order valence-electron chi connectivity index (χ3n) is 3.19. The summed E-state index contributed by atoms with van der Waals surface area (Å²) in [7, 11) is 1.59. The Hall–Kier alpha value is -1.17. The van der Waals surface area contributed by atoms with E-state index in [1.54, 1.807) is 7.11 Å². The third-order valence-corrected chi connectivity index (χ3v) is 4.52.